The van der Waals surface area contributed by atoms with Gasteiger partial charge in [0.1, 0.15) is 0 Å². The number of allylic oxidation sites excluding steroid dienone is 4. The Balaban J connectivity index is 1.56. The molecule has 4 rings (SSSR count). The lowest BCUT2D eigenvalue weighted by molar-refractivity contribution is -0.143. The van der Waals surface area contributed by atoms with Gasteiger partial charge in [0.05, 0.1) is 12.7 Å². The van der Waals surface area contributed by atoms with Gasteiger partial charge in [-0.2, -0.15) is 0 Å². The normalized spacial score (nSPS) is 39.8. The van der Waals surface area contributed by atoms with Crippen molar-refractivity contribution in [3.8, 4) is 0 Å². The molecule has 1 fully saturated rings. The van der Waals surface area contributed by atoms with Crippen LogP contribution in [0.3, 0.4) is 0 Å². The van der Waals surface area contributed by atoms with E-state index in [4.69, 9.17) is 4.74 Å². The average molecular weight is 429 g/mol. The summed E-state index contributed by atoms with van der Waals surface area (Å²) in [4.78, 5) is 11.9. The van der Waals surface area contributed by atoms with Crippen LogP contribution < -0.4 is 0 Å². The molecule has 6 atom stereocenters. The summed E-state index contributed by atoms with van der Waals surface area (Å²) in [6, 6.07) is 0. The van der Waals surface area contributed by atoms with Gasteiger partial charge in [0.25, 0.3) is 0 Å². The van der Waals surface area contributed by atoms with E-state index in [1.807, 2.05) is 6.92 Å². The first-order valence-corrected chi connectivity index (χ1v) is 12.8. The standard InChI is InChI=1S/C28H44O3/c1-7-31-25(30)13-8-18(2)20-10-11-21-19-9-12-23-26(3,4)24(29)15-17-28(23,6)22(19)14-16-27(20,21)5/h11,18,20,23-24,29H,7-10,12-17H2,1-6H3/t18-,20-,23?,24?,27-,28-/m1/s1. The highest BCUT2D eigenvalue weighted by Gasteiger charge is 2.57. The zero-order valence-corrected chi connectivity index (χ0v) is 20.7. The highest BCUT2D eigenvalue weighted by molar-refractivity contribution is 5.69. The number of hydrogen-bond donors (Lipinski definition) is 1. The van der Waals surface area contributed by atoms with Gasteiger partial charge in [0, 0.05) is 6.42 Å². The molecule has 0 aliphatic heterocycles. The molecule has 0 aromatic heterocycles. The Hall–Kier alpha value is -1.09. The van der Waals surface area contributed by atoms with Crippen molar-refractivity contribution in [2.75, 3.05) is 6.61 Å². The van der Waals surface area contributed by atoms with E-state index >= 15 is 0 Å². The van der Waals surface area contributed by atoms with Crippen LogP contribution in [0.4, 0.5) is 0 Å². The molecule has 174 valence electrons. The summed E-state index contributed by atoms with van der Waals surface area (Å²) in [5, 5.41) is 10.7. The van der Waals surface area contributed by atoms with Crippen LogP contribution >= 0.6 is 0 Å². The minimum atomic E-state index is -0.170. The molecule has 0 amide bonds. The quantitative estimate of drug-likeness (QED) is 0.501. The number of aliphatic hydroxyl groups is 1. The number of fused-ring (bicyclic) bond motifs is 4. The number of rotatable bonds is 5. The number of hydrogen-bond acceptors (Lipinski definition) is 3. The van der Waals surface area contributed by atoms with Crippen molar-refractivity contribution in [3.05, 3.63) is 22.8 Å². The zero-order chi connectivity index (χ0) is 22.6. The van der Waals surface area contributed by atoms with Crippen LogP contribution in [0, 0.1) is 34.0 Å². The minimum Gasteiger partial charge on any atom is -0.466 e. The number of ether oxygens (including phenoxy) is 1. The van der Waals surface area contributed by atoms with E-state index in [1.165, 1.54) is 25.7 Å². The van der Waals surface area contributed by atoms with Crippen molar-refractivity contribution in [2.45, 2.75) is 105 Å². The van der Waals surface area contributed by atoms with Crippen LogP contribution in [0.2, 0.25) is 0 Å². The van der Waals surface area contributed by atoms with Gasteiger partial charge in [-0.25, -0.2) is 0 Å². The van der Waals surface area contributed by atoms with Crippen LogP contribution in [-0.2, 0) is 9.53 Å². The van der Waals surface area contributed by atoms with Gasteiger partial charge in [-0.3, -0.25) is 4.79 Å². The summed E-state index contributed by atoms with van der Waals surface area (Å²) in [6.45, 7) is 14.3. The van der Waals surface area contributed by atoms with Crippen molar-refractivity contribution in [1.82, 2.24) is 0 Å². The van der Waals surface area contributed by atoms with Crippen LogP contribution in [0.15, 0.2) is 22.8 Å². The van der Waals surface area contributed by atoms with Gasteiger partial charge in [-0.15, -0.1) is 0 Å². The molecule has 0 bridgehead atoms. The Morgan fingerprint density at radius 3 is 2.61 bits per heavy atom. The van der Waals surface area contributed by atoms with Crippen molar-refractivity contribution in [2.24, 2.45) is 34.0 Å². The lowest BCUT2D eigenvalue weighted by atomic mass is 9.46. The Kier molecular flexibility index (Phi) is 5.99. The predicted molar refractivity (Wildman–Crippen MR) is 125 cm³/mol. The maximum absolute atomic E-state index is 11.9. The molecule has 3 heteroatoms. The smallest absolute Gasteiger partial charge is 0.305 e. The molecule has 0 aromatic rings. The predicted octanol–water partition coefficient (Wildman–Crippen LogP) is 6.61. The Morgan fingerprint density at radius 2 is 1.90 bits per heavy atom. The van der Waals surface area contributed by atoms with Crippen LogP contribution in [0.5, 0.6) is 0 Å². The first-order chi connectivity index (χ1) is 14.6. The fourth-order valence-corrected chi connectivity index (χ4v) is 8.36. The van der Waals surface area contributed by atoms with E-state index < -0.39 is 0 Å². The van der Waals surface area contributed by atoms with E-state index in [-0.39, 0.29) is 28.3 Å². The van der Waals surface area contributed by atoms with E-state index in [1.54, 1.807) is 16.7 Å². The summed E-state index contributed by atoms with van der Waals surface area (Å²) in [7, 11) is 0. The Morgan fingerprint density at radius 1 is 1.16 bits per heavy atom. The topological polar surface area (TPSA) is 46.5 Å². The van der Waals surface area contributed by atoms with Gasteiger partial charge in [0.2, 0.25) is 0 Å². The second kappa shape index (κ2) is 8.04. The minimum absolute atomic E-state index is 0.000480. The Bertz CT molecular complexity index is 790. The van der Waals surface area contributed by atoms with Gasteiger partial charge in [-0.1, -0.05) is 46.3 Å². The Labute approximate surface area is 189 Å². The van der Waals surface area contributed by atoms with Crippen molar-refractivity contribution in [3.63, 3.8) is 0 Å². The van der Waals surface area contributed by atoms with E-state index in [9.17, 15) is 9.90 Å². The zero-order valence-electron chi connectivity index (χ0n) is 20.7. The van der Waals surface area contributed by atoms with Gasteiger partial charge in [0.15, 0.2) is 0 Å². The van der Waals surface area contributed by atoms with E-state index in [2.05, 4.69) is 40.7 Å². The second-order valence-corrected chi connectivity index (χ2v) is 12.0. The summed E-state index contributed by atoms with van der Waals surface area (Å²) < 4.78 is 5.17. The van der Waals surface area contributed by atoms with Crippen molar-refractivity contribution < 1.29 is 14.6 Å². The third-order valence-electron chi connectivity index (χ3n) is 10.2. The first-order valence-electron chi connectivity index (χ1n) is 12.8. The lowest BCUT2D eigenvalue weighted by Crippen LogP contribution is -2.53. The molecule has 31 heavy (non-hydrogen) atoms. The molecule has 4 aliphatic carbocycles. The lowest BCUT2D eigenvalue weighted by Gasteiger charge is -2.59. The highest BCUT2D eigenvalue weighted by atomic mass is 16.5. The molecule has 3 nitrogen and oxygen atoms in total. The van der Waals surface area contributed by atoms with Gasteiger partial charge < -0.3 is 9.84 Å². The summed E-state index contributed by atoms with van der Waals surface area (Å²) >= 11 is 0. The number of aliphatic hydroxyl groups excluding tert-OH is 1. The molecular formula is C28H44O3. The molecule has 0 saturated heterocycles. The fourth-order valence-electron chi connectivity index (χ4n) is 8.36. The van der Waals surface area contributed by atoms with E-state index in [0.717, 1.165) is 25.7 Å². The van der Waals surface area contributed by atoms with Gasteiger partial charge >= 0.3 is 5.97 Å². The van der Waals surface area contributed by atoms with E-state index in [0.29, 0.717) is 30.8 Å². The third kappa shape index (κ3) is 3.54. The summed E-state index contributed by atoms with van der Waals surface area (Å²) in [6.07, 6.45) is 11.9. The molecule has 1 saturated carbocycles. The maximum atomic E-state index is 11.9. The molecule has 0 aromatic carbocycles. The maximum Gasteiger partial charge on any atom is 0.305 e. The van der Waals surface area contributed by atoms with Crippen LogP contribution in [-0.4, -0.2) is 23.8 Å². The van der Waals surface area contributed by atoms with Gasteiger partial charge in [-0.05, 0) is 103 Å². The molecule has 2 unspecified atom stereocenters. The molecule has 4 aliphatic rings. The number of carbonyl (C=O) groups excluding carboxylic acids is 1. The SMILES string of the molecule is CCOC(=O)CC[C@@H](C)[C@H]1CC=C2C3=C(CC[C@@]21C)[C@@]1(C)CCC(O)C(C)(C)C1CC3. The largest absolute Gasteiger partial charge is 0.466 e. The van der Waals surface area contributed by atoms with Crippen molar-refractivity contribution in [1.29, 1.82) is 0 Å². The molecule has 0 spiro atoms. The monoisotopic (exact) mass is 428 g/mol. The molecular weight excluding hydrogens is 384 g/mol. The number of esters is 1. The number of carbonyl (C=O) groups is 1. The van der Waals surface area contributed by atoms with Crippen molar-refractivity contribution >= 4 is 5.97 Å². The third-order valence-corrected chi connectivity index (χ3v) is 10.2. The summed E-state index contributed by atoms with van der Waals surface area (Å²) in [5.41, 5.74) is 5.55. The molecule has 1 N–H and O–H groups in total. The summed E-state index contributed by atoms with van der Waals surface area (Å²) in [5.74, 6) is 1.68. The second-order valence-electron chi connectivity index (χ2n) is 12.0. The molecule has 0 radical (unpaired) electrons. The molecule has 0 heterocycles. The first kappa shape index (κ1) is 23.1. The fraction of sp³-hybridized carbons (Fsp3) is 0.821. The average Bonchev–Trinajstić information content (AvgIpc) is 3.07. The van der Waals surface area contributed by atoms with Crippen LogP contribution in [0.1, 0.15) is 99.3 Å². The van der Waals surface area contributed by atoms with Crippen LogP contribution in [0.25, 0.3) is 0 Å². The highest BCUT2D eigenvalue weighted by Crippen LogP contribution is 2.66.